The minimum Gasteiger partial charge on any atom is -0.361 e. The summed E-state index contributed by atoms with van der Waals surface area (Å²) in [6.07, 6.45) is 1.60. The van der Waals surface area contributed by atoms with Crippen LogP contribution in [0, 0.1) is 19.8 Å². The highest BCUT2D eigenvalue weighted by atomic mass is 32.2. The van der Waals surface area contributed by atoms with Crippen LogP contribution < -0.4 is 5.32 Å². The maximum absolute atomic E-state index is 11.8. The van der Waals surface area contributed by atoms with E-state index in [1.54, 1.807) is 0 Å². The van der Waals surface area contributed by atoms with Gasteiger partial charge in [-0.25, -0.2) is 8.42 Å². The molecule has 0 aliphatic carbocycles. The summed E-state index contributed by atoms with van der Waals surface area (Å²) >= 11 is 0. The number of aromatic nitrogens is 1. The van der Waals surface area contributed by atoms with E-state index in [4.69, 9.17) is 4.52 Å². The van der Waals surface area contributed by atoms with E-state index in [1.807, 2.05) is 13.8 Å². The molecule has 112 valence electrons. The Bertz CT molecular complexity index is 572. The van der Waals surface area contributed by atoms with Crippen molar-refractivity contribution in [3.05, 3.63) is 17.0 Å². The van der Waals surface area contributed by atoms with Gasteiger partial charge in [-0.1, -0.05) is 5.16 Å². The third kappa shape index (κ3) is 3.82. The molecular formula is C13H20N2O4S. The molecule has 1 amide bonds. The van der Waals surface area contributed by atoms with Crippen molar-refractivity contribution < 1.29 is 17.7 Å². The molecule has 0 radical (unpaired) electrons. The first-order chi connectivity index (χ1) is 9.37. The van der Waals surface area contributed by atoms with Gasteiger partial charge in [-0.05, 0) is 32.6 Å². The van der Waals surface area contributed by atoms with E-state index in [0.29, 0.717) is 25.8 Å². The Kier molecular flexibility index (Phi) is 4.47. The fourth-order valence-corrected chi connectivity index (χ4v) is 4.34. The molecule has 1 saturated heterocycles. The molecule has 1 atom stereocenters. The van der Waals surface area contributed by atoms with Crippen molar-refractivity contribution in [1.82, 2.24) is 10.5 Å². The normalized spacial score (nSPS) is 21.0. The average Bonchev–Trinajstić information content (AvgIpc) is 2.88. The van der Waals surface area contributed by atoms with E-state index in [2.05, 4.69) is 10.5 Å². The van der Waals surface area contributed by atoms with E-state index in [-0.39, 0.29) is 23.3 Å². The van der Waals surface area contributed by atoms with Crippen LogP contribution in [0.1, 0.15) is 29.9 Å². The summed E-state index contributed by atoms with van der Waals surface area (Å²) in [7, 11) is -2.87. The number of hydrogen-bond acceptors (Lipinski definition) is 5. The summed E-state index contributed by atoms with van der Waals surface area (Å²) in [6.45, 7) is 4.13. The van der Waals surface area contributed by atoms with Gasteiger partial charge < -0.3 is 9.84 Å². The highest BCUT2D eigenvalue weighted by molar-refractivity contribution is 7.91. The number of amides is 1. The number of carbonyl (C=O) groups is 1. The lowest BCUT2D eigenvalue weighted by Gasteiger charge is -2.09. The summed E-state index contributed by atoms with van der Waals surface area (Å²) in [6, 6.07) is 0. The summed E-state index contributed by atoms with van der Waals surface area (Å²) in [5.74, 6) is 1.18. The highest BCUT2D eigenvalue weighted by Crippen LogP contribution is 2.17. The van der Waals surface area contributed by atoms with Crippen molar-refractivity contribution in [1.29, 1.82) is 0 Å². The largest absolute Gasteiger partial charge is 0.361 e. The number of rotatable bonds is 5. The predicted octanol–water partition coefficient (Wildman–Crippen LogP) is 0.775. The molecule has 1 aliphatic rings. The van der Waals surface area contributed by atoms with Crippen LogP contribution in [-0.4, -0.2) is 37.5 Å². The van der Waals surface area contributed by atoms with Gasteiger partial charge in [0.25, 0.3) is 0 Å². The van der Waals surface area contributed by atoms with Crippen molar-refractivity contribution in [2.24, 2.45) is 5.92 Å². The Morgan fingerprint density at radius 3 is 2.75 bits per heavy atom. The Hall–Kier alpha value is -1.37. The van der Waals surface area contributed by atoms with Gasteiger partial charge in [0.15, 0.2) is 9.84 Å². The first kappa shape index (κ1) is 15.0. The smallest absolute Gasteiger partial charge is 0.220 e. The minimum atomic E-state index is -2.87. The zero-order chi connectivity index (χ0) is 14.8. The number of sulfone groups is 1. The zero-order valence-corrected chi connectivity index (χ0v) is 12.6. The van der Waals surface area contributed by atoms with Crippen LogP contribution in [0.3, 0.4) is 0 Å². The van der Waals surface area contributed by atoms with Crippen LogP contribution in [0.4, 0.5) is 0 Å². The quantitative estimate of drug-likeness (QED) is 0.867. The Morgan fingerprint density at radius 1 is 1.45 bits per heavy atom. The van der Waals surface area contributed by atoms with Gasteiger partial charge in [-0.3, -0.25) is 4.79 Å². The lowest BCUT2D eigenvalue weighted by molar-refractivity contribution is -0.121. The van der Waals surface area contributed by atoms with Gasteiger partial charge >= 0.3 is 0 Å². The fraction of sp³-hybridized carbons (Fsp3) is 0.692. The maximum Gasteiger partial charge on any atom is 0.220 e. The topological polar surface area (TPSA) is 89.3 Å². The molecule has 2 rings (SSSR count). The van der Waals surface area contributed by atoms with Crippen molar-refractivity contribution in [2.75, 3.05) is 18.1 Å². The number of hydrogen-bond donors (Lipinski definition) is 1. The van der Waals surface area contributed by atoms with Crippen LogP contribution in [0.15, 0.2) is 4.52 Å². The highest BCUT2D eigenvalue weighted by Gasteiger charge is 2.27. The van der Waals surface area contributed by atoms with Gasteiger partial charge in [0.1, 0.15) is 5.76 Å². The molecule has 20 heavy (non-hydrogen) atoms. The third-order valence-electron chi connectivity index (χ3n) is 3.70. The second-order valence-electron chi connectivity index (χ2n) is 5.38. The van der Waals surface area contributed by atoms with E-state index in [1.165, 1.54) is 0 Å². The zero-order valence-electron chi connectivity index (χ0n) is 11.8. The molecule has 0 aromatic carbocycles. The lowest BCUT2D eigenvalue weighted by atomic mass is 10.1. The Morgan fingerprint density at radius 2 is 2.20 bits per heavy atom. The van der Waals surface area contributed by atoms with Crippen molar-refractivity contribution in [3.63, 3.8) is 0 Å². The Labute approximate surface area is 118 Å². The Balaban J connectivity index is 1.74. The molecule has 1 aromatic rings. The third-order valence-corrected chi connectivity index (χ3v) is 5.53. The first-order valence-corrected chi connectivity index (χ1v) is 8.58. The SMILES string of the molecule is Cc1noc(C)c1CCC(=O)NC[C@H]1CCS(=O)(=O)C1. The molecule has 1 aliphatic heterocycles. The molecule has 1 N–H and O–H groups in total. The van der Waals surface area contributed by atoms with Crippen molar-refractivity contribution in [2.45, 2.75) is 33.1 Å². The maximum atomic E-state index is 11.8. The molecule has 0 unspecified atom stereocenters. The molecule has 1 fully saturated rings. The lowest BCUT2D eigenvalue weighted by Crippen LogP contribution is -2.30. The summed E-state index contributed by atoms with van der Waals surface area (Å²) in [5, 5.41) is 6.66. The first-order valence-electron chi connectivity index (χ1n) is 6.76. The van der Waals surface area contributed by atoms with Crippen LogP contribution in [-0.2, 0) is 21.1 Å². The van der Waals surface area contributed by atoms with Gasteiger partial charge in [0, 0.05) is 18.5 Å². The van der Waals surface area contributed by atoms with E-state index < -0.39 is 9.84 Å². The minimum absolute atomic E-state index is 0.0583. The van der Waals surface area contributed by atoms with E-state index >= 15 is 0 Å². The van der Waals surface area contributed by atoms with Gasteiger partial charge in [0.05, 0.1) is 17.2 Å². The second-order valence-corrected chi connectivity index (χ2v) is 7.60. The summed E-state index contributed by atoms with van der Waals surface area (Å²) in [5.41, 5.74) is 1.79. The standard InChI is InChI=1S/C13H20N2O4S/c1-9-12(10(2)19-15-9)3-4-13(16)14-7-11-5-6-20(17,18)8-11/h11H,3-8H2,1-2H3,(H,14,16)/t11-/m1/s1. The fourth-order valence-electron chi connectivity index (χ4n) is 2.48. The second kappa shape index (κ2) is 5.95. The summed E-state index contributed by atoms with van der Waals surface area (Å²) in [4.78, 5) is 11.8. The van der Waals surface area contributed by atoms with E-state index in [9.17, 15) is 13.2 Å². The van der Waals surface area contributed by atoms with Gasteiger partial charge in [-0.2, -0.15) is 0 Å². The molecule has 1 aromatic heterocycles. The van der Waals surface area contributed by atoms with Crippen molar-refractivity contribution in [3.8, 4) is 0 Å². The number of nitrogens with zero attached hydrogens (tertiary/aromatic N) is 1. The monoisotopic (exact) mass is 300 g/mol. The van der Waals surface area contributed by atoms with Crippen LogP contribution in [0.5, 0.6) is 0 Å². The summed E-state index contributed by atoms with van der Waals surface area (Å²) < 4.78 is 27.7. The van der Waals surface area contributed by atoms with E-state index in [0.717, 1.165) is 17.0 Å². The molecule has 0 spiro atoms. The molecular weight excluding hydrogens is 280 g/mol. The number of aryl methyl sites for hydroxylation is 2. The average molecular weight is 300 g/mol. The van der Waals surface area contributed by atoms with Crippen LogP contribution in [0.25, 0.3) is 0 Å². The predicted molar refractivity (Wildman–Crippen MR) is 74.1 cm³/mol. The van der Waals surface area contributed by atoms with Crippen LogP contribution >= 0.6 is 0 Å². The molecule has 0 bridgehead atoms. The van der Waals surface area contributed by atoms with Crippen molar-refractivity contribution >= 4 is 15.7 Å². The molecule has 0 saturated carbocycles. The van der Waals surface area contributed by atoms with Gasteiger partial charge in [0.2, 0.25) is 5.91 Å². The number of nitrogens with one attached hydrogen (secondary N) is 1. The molecule has 7 heteroatoms. The molecule has 6 nitrogen and oxygen atoms in total. The number of carbonyl (C=O) groups excluding carboxylic acids is 1. The van der Waals surface area contributed by atoms with Gasteiger partial charge in [-0.15, -0.1) is 0 Å². The van der Waals surface area contributed by atoms with Crippen LogP contribution in [0.2, 0.25) is 0 Å². The molecule has 2 heterocycles.